The Morgan fingerprint density at radius 1 is 0.880 bits per heavy atom. The number of anilines is 1. The summed E-state index contributed by atoms with van der Waals surface area (Å²) in [7, 11) is -3.18. The summed E-state index contributed by atoms with van der Waals surface area (Å²) < 4.78 is 11.2. The van der Waals surface area contributed by atoms with E-state index in [0.29, 0.717) is 19.0 Å². The molecule has 0 aromatic heterocycles. The summed E-state index contributed by atoms with van der Waals surface area (Å²) in [6, 6.07) is 19.6. The summed E-state index contributed by atoms with van der Waals surface area (Å²) in [5.41, 5.74) is 1.02. The van der Waals surface area contributed by atoms with Gasteiger partial charge in [-0.3, -0.25) is 9.59 Å². The Balaban J connectivity index is 2.12. The van der Waals surface area contributed by atoms with Crippen LogP contribution in [0.15, 0.2) is 60.7 Å². The van der Waals surface area contributed by atoms with Gasteiger partial charge >= 0.3 is 8.56 Å². The number of para-hydroxylation sites is 1. The molecule has 0 atom stereocenters. The van der Waals surface area contributed by atoms with Crippen LogP contribution in [0.2, 0.25) is 6.04 Å². The monoisotopic (exact) mass is 357 g/mol. The van der Waals surface area contributed by atoms with Gasteiger partial charge in [-0.05, 0) is 18.6 Å². The largest absolute Gasteiger partial charge is 0.499 e. The number of rotatable bonds is 8. The predicted octanol–water partition coefficient (Wildman–Crippen LogP) is 2.96. The second-order valence-electron chi connectivity index (χ2n) is 5.70. The normalized spacial score (nSPS) is 10.8. The Labute approximate surface area is 149 Å². The van der Waals surface area contributed by atoms with Crippen LogP contribution in [0.4, 0.5) is 5.69 Å². The van der Waals surface area contributed by atoms with E-state index >= 15 is 0 Å². The van der Waals surface area contributed by atoms with Gasteiger partial charge in [0.15, 0.2) is 0 Å². The molecule has 0 unspecified atom stereocenters. The van der Waals surface area contributed by atoms with E-state index in [0.717, 1.165) is 10.9 Å². The fourth-order valence-electron chi connectivity index (χ4n) is 2.65. The molecule has 2 rings (SSSR count). The van der Waals surface area contributed by atoms with Crippen molar-refractivity contribution in [3.05, 3.63) is 60.7 Å². The Morgan fingerprint density at radius 3 is 1.92 bits per heavy atom. The molecule has 0 amide bonds. The molecule has 0 aliphatic carbocycles. The SMILES string of the molecule is CC(=O)O[Si](CCCNc1ccccc1)(OC(C)=O)c1ccccc1. The van der Waals surface area contributed by atoms with Crippen molar-refractivity contribution in [2.24, 2.45) is 0 Å². The van der Waals surface area contributed by atoms with Gasteiger partial charge in [-0.1, -0.05) is 48.5 Å². The zero-order chi connectivity index (χ0) is 18.1. The molecule has 0 spiro atoms. The molecule has 0 aliphatic rings. The van der Waals surface area contributed by atoms with E-state index < -0.39 is 20.5 Å². The summed E-state index contributed by atoms with van der Waals surface area (Å²) in [5.74, 6) is -0.874. The first-order valence-electron chi connectivity index (χ1n) is 8.25. The summed E-state index contributed by atoms with van der Waals surface area (Å²) in [6.07, 6.45) is 0.705. The predicted molar refractivity (Wildman–Crippen MR) is 99.7 cm³/mol. The molecule has 0 heterocycles. The highest BCUT2D eigenvalue weighted by molar-refractivity contribution is 6.83. The molecule has 132 valence electrons. The standard InChI is InChI=1S/C19H23NO4Si/c1-16(21)23-25(24-17(2)22,19-12-7-4-8-13-19)15-9-14-20-18-10-5-3-6-11-18/h3-8,10-13,20H,9,14-15H2,1-2H3. The molecule has 0 saturated heterocycles. The van der Waals surface area contributed by atoms with Crippen LogP contribution in [0.25, 0.3) is 0 Å². The van der Waals surface area contributed by atoms with Crippen LogP contribution in [-0.2, 0) is 18.4 Å². The minimum absolute atomic E-state index is 0.437. The fourth-order valence-corrected chi connectivity index (χ4v) is 5.69. The van der Waals surface area contributed by atoms with Gasteiger partial charge in [0.2, 0.25) is 0 Å². The molecule has 2 aromatic carbocycles. The number of hydrogen-bond acceptors (Lipinski definition) is 5. The summed E-state index contributed by atoms with van der Waals surface area (Å²) in [6.45, 7) is 3.38. The van der Waals surface area contributed by atoms with E-state index in [9.17, 15) is 9.59 Å². The maximum absolute atomic E-state index is 11.7. The van der Waals surface area contributed by atoms with Crippen LogP contribution in [0.5, 0.6) is 0 Å². The second-order valence-corrected chi connectivity index (χ2v) is 8.69. The van der Waals surface area contributed by atoms with Gasteiger partial charge in [-0.15, -0.1) is 0 Å². The lowest BCUT2D eigenvalue weighted by atomic mass is 10.3. The summed E-state index contributed by atoms with van der Waals surface area (Å²) in [5, 5.41) is 4.09. The highest BCUT2D eigenvalue weighted by Gasteiger charge is 2.45. The van der Waals surface area contributed by atoms with Crippen LogP contribution in [0.1, 0.15) is 20.3 Å². The van der Waals surface area contributed by atoms with Gasteiger partial charge in [0, 0.05) is 37.3 Å². The van der Waals surface area contributed by atoms with E-state index in [-0.39, 0.29) is 0 Å². The molecular weight excluding hydrogens is 334 g/mol. The number of carbonyl (C=O) groups excluding carboxylic acids is 2. The maximum atomic E-state index is 11.7. The van der Waals surface area contributed by atoms with E-state index in [1.807, 2.05) is 60.7 Å². The van der Waals surface area contributed by atoms with Crippen molar-refractivity contribution in [2.45, 2.75) is 26.3 Å². The van der Waals surface area contributed by atoms with Crippen molar-refractivity contribution in [3.8, 4) is 0 Å². The topological polar surface area (TPSA) is 64.6 Å². The average molecular weight is 357 g/mol. The van der Waals surface area contributed by atoms with Gasteiger partial charge in [0.25, 0.3) is 11.9 Å². The molecule has 6 heteroatoms. The van der Waals surface area contributed by atoms with Crippen molar-refractivity contribution >= 4 is 31.4 Å². The van der Waals surface area contributed by atoms with Crippen molar-refractivity contribution in [1.82, 2.24) is 0 Å². The zero-order valence-corrected chi connectivity index (χ0v) is 15.5. The van der Waals surface area contributed by atoms with Gasteiger partial charge in [-0.2, -0.15) is 0 Å². The van der Waals surface area contributed by atoms with Crippen LogP contribution in [-0.4, -0.2) is 27.0 Å². The Bertz CT molecular complexity index is 675. The Morgan fingerprint density at radius 2 is 1.40 bits per heavy atom. The fraction of sp³-hybridized carbons (Fsp3) is 0.263. The third kappa shape index (κ3) is 5.76. The van der Waals surface area contributed by atoms with Crippen LogP contribution >= 0.6 is 0 Å². The van der Waals surface area contributed by atoms with Crippen molar-refractivity contribution in [3.63, 3.8) is 0 Å². The van der Waals surface area contributed by atoms with E-state index in [1.165, 1.54) is 13.8 Å². The molecule has 0 fully saturated rings. The lowest BCUT2D eigenvalue weighted by Crippen LogP contribution is -2.55. The molecule has 25 heavy (non-hydrogen) atoms. The molecule has 0 saturated carbocycles. The number of carbonyl (C=O) groups is 2. The molecule has 2 aromatic rings. The Kier molecular flexibility index (Phi) is 6.77. The molecule has 0 radical (unpaired) electrons. The molecule has 5 nitrogen and oxygen atoms in total. The summed E-state index contributed by atoms with van der Waals surface area (Å²) >= 11 is 0. The van der Waals surface area contributed by atoms with Gasteiger partial charge in [-0.25, -0.2) is 0 Å². The Hall–Kier alpha value is -2.60. The minimum atomic E-state index is -3.18. The first kappa shape index (κ1) is 18.7. The van der Waals surface area contributed by atoms with Crippen LogP contribution in [0.3, 0.4) is 0 Å². The second kappa shape index (κ2) is 9.03. The van der Waals surface area contributed by atoms with Gasteiger partial charge < -0.3 is 14.2 Å². The molecule has 1 N–H and O–H groups in total. The first-order chi connectivity index (χ1) is 12.0. The molecule has 0 aliphatic heterocycles. The van der Waals surface area contributed by atoms with E-state index in [2.05, 4.69) is 5.32 Å². The van der Waals surface area contributed by atoms with Gasteiger partial charge in [0.05, 0.1) is 0 Å². The highest BCUT2D eigenvalue weighted by Crippen LogP contribution is 2.18. The van der Waals surface area contributed by atoms with Crippen molar-refractivity contribution in [1.29, 1.82) is 0 Å². The molecule has 0 bridgehead atoms. The third-order valence-electron chi connectivity index (χ3n) is 3.62. The lowest BCUT2D eigenvalue weighted by molar-refractivity contribution is -0.138. The van der Waals surface area contributed by atoms with Crippen molar-refractivity contribution < 1.29 is 18.4 Å². The minimum Gasteiger partial charge on any atom is -0.482 e. The average Bonchev–Trinajstić information content (AvgIpc) is 2.59. The van der Waals surface area contributed by atoms with E-state index in [4.69, 9.17) is 8.85 Å². The zero-order valence-electron chi connectivity index (χ0n) is 14.5. The lowest BCUT2D eigenvalue weighted by Gasteiger charge is -2.29. The molecular formula is C19H23NO4Si. The highest BCUT2D eigenvalue weighted by atomic mass is 28.4. The first-order valence-corrected chi connectivity index (χ1v) is 10.3. The van der Waals surface area contributed by atoms with Gasteiger partial charge in [0.1, 0.15) is 0 Å². The van der Waals surface area contributed by atoms with Crippen LogP contribution < -0.4 is 10.5 Å². The van der Waals surface area contributed by atoms with E-state index in [1.54, 1.807) is 0 Å². The summed E-state index contributed by atoms with van der Waals surface area (Å²) in [4.78, 5) is 23.3. The maximum Gasteiger partial charge on any atom is 0.499 e. The van der Waals surface area contributed by atoms with Crippen LogP contribution in [0, 0.1) is 0 Å². The number of benzene rings is 2. The third-order valence-corrected chi connectivity index (χ3v) is 7.08. The number of hydrogen-bond donors (Lipinski definition) is 1. The van der Waals surface area contributed by atoms with Crippen molar-refractivity contribution in [2.75, 3.05) is 11.9 Å². The number of nitrogens with one attached hydrogen (secondary N) is 1. The quantitative estimate of drug-likeness (QED) is 0.581. The smallest absolute Gasteiger partial charge is 0.482 e.